The third-order valence-electron chi connectivity index (χ3n) is 1.62. The van der Waals surface area contributed by atoms with E-state index < -0.39 is 18.6 Å². The number of hydrogen-bond acceptors (Lipinski definition) is 3. The van der Waals surface area contributed by atoms with Gasteiger partial charge in [-0.1, -0.05) is 5.11 Å². The van der Waals surface area contributed by atoms with E-state index in [0.717, 1.165) is 0 Å². The van der Waals surface area contributed by atoms with Gasteiger partial charge in [-0.3, -0.25) is 4.79 Å². The van der Waals surface area contributed by atoms with Crippen LogP contribution < -0.4 is 5.32 Å². The van der Waals surface area contributed by atoms with Crippen LogP contribution in [0, 0.1) is 0 Å². The third-order valence-corrected chi connectivity index (χ3v) is 1.62. The second-order valence-corrected chi connectivity index (χ2v) is 2.95. The predicted octanol–water partition coefficient (Wildman–Crippen LogP) is 2.38. The molecule has 17 heavy (non-hydrogen) atoms. The molecule has 0 saturated carbocycles. The standard InChI is InChI=1S/C8H7F3N4O2/c9-8(10,11)4-13-7(16)6-2-1-5(17-6)3-14-15-12/h1-2H,3-4H2,(H,13,16). The molecule has 0 aliphatic rings. The molecule has 1 aromatic heterocycles. The normalized spacial score (nSPS) is 10.8. The zero-order valence-corrected chi connectivity index (χ0v) is 8.36. The number of rotatable bonds is 4. The molecule has 6 nitrogen and oxygen atoms in total. The smallest absolute Gasteiger partial charge is 0.405 e. The number of carbonyl (C=O) groups is 1. The van der Waals surface area contributed by atoms with Crippen LogP contribution >= 0.6 is 0 Å². The molecule has 1 rings (SSSR count). The lowest BCUT2D eigenvalue weighted by molar-refractivity contribution is -0.123. The Hall–Kier alpha value is -2.15. The third kappa shape index (κ3) is 4.47. The first kappa shape index (κ1) is 12.9. The summed E-state index contributed by atoms with van der Waals surface area (Å²) >= 11 is 0. The highest BCUT2D eigenvalue weighted by atomic mass is 19.4. The average Bonchev–Trinajstić information content (AvgIpc) is 2.70. The Morgan fingerprint density at radius 2 is 2.24 bits per heavy atom. The Kier molecular flexibility index (Phi) is 4.00. The molecule has 0 aliphatic heterocycles. The first-order valence-electron chi connectivity index (χ1n) is 4.37. The van der Waals surface area contributed by atoms with Crippen molar-refractivity contribution in [2.75, 3.05) is 6.54 Å². The molecule has 0 spiro atoms. The summed E-state index contributed by atoms with van der Waals surface area (Å²) in [5, 5.41) is 4.82. The van der Waals surface area contributed by atoms with E-state index in [0.29, 0.717) is 0 Å². The molecule has 0 fully saturated rings. The lowest BCUT2D eigenvalue weighted by atomic mass is 10.4. The zero-order chi connectivity index (χ0) is 12.9. The number of amides is 1. The summed E-state index contributed by atoms with van der Waals surface area (Å²) in [6.07, 6.45) is -4.48. The predicted molar refractivity (Wildman–Crippen MR) is 49.9 cm³/mol. The SMILES string of the molecule is [N-]=[N+]=NCc1ccc(C(=O)NCC(F)(F)F)o1. The molecular formula is C8H7F3N4O2. The fourth-order valence-electron chi connectivity index (χ4n) is 0.954. The molecule has 0 bridgehead atoms. The lowest BCUT2D eigenvalue weighted by Crippen LogP contribution is -2.33. The second kappa shape index (κ2) is 5.26. The van der Waals surface area contributed by atoms with Gasteiger partial charge in [-0.25, -0.2) is 0 Å². The maximum absolute atomic E-state index is 11.8. The summed E-state index contributed by atoms with van der Waals surface area (Å²) in [7, 11) is 0. The van der Waals surface area contributed by atoms with Gasteiger partial charge in [0.05, 0.1) is 6.54 Å². The fraction of sp³-hybridized carbons (Fsp3) is 0.375. The Balaban J connectivity index is 2.57. The van der Waals surface area contributed by atoms with Gasteiger partial charge in [0.1, 0.15) is 12.3 Å². The number of nitrogens with one attached hydrogen (secondary N) is 1. The zero-order valence-electron chi connectivity index (χ0n) is 8.36. The Morgan fingerprint density at radius 1 is 1.53 bits per heavy atom. The number of carbonyl (C=O) groups excluding carboxylic acids is 1. The monoisotopic (exact) mass is 248 g/mol. The highest BCUT2D eigenvalue weighted by molar-refractivity contribution is 5.91. The van der Waals surface area contributed by atoms with Crippen LogP contribution in [-0.4, -0.2) is 18.6 Å². The maximum Gasteiger partial charge on any atom is 0.405 e. The first-order chi connectivity index (χ1) is 7.92. The largest absolute Gasteiger partial charge is 0.456 e. The quantitative estimate of drug-likeness (QED) is 0.503. The van der Waals surface area contributed by atoms with Crippen molar-refractivity contribution >= 4 is 5.91 Å². The average molecular weight is 248 g/mol. The van der Waals surface area contributed by atoms with Crippen LogP contribution in [0.5, 0.6) is 0 Å². The van der Waals surface area contributed by atoms with Crippen molar-refractivity contribution in [2.45, 2.75) is 12.7 Å². The molecule has 0 saturated heterocycles. The molecule has 0 atom stereocenters. The van der Waals surface area contributed by atoms with Gasteiger partial charge in [-0.15, -0.1) is 0 Å². The van der Waals surface area contributed by atoms with Gasteiger partial charge >= 0.3 is 6.18 Å². The van der Waals surface area contributed by atoms with Crippen molar-refractivity contribution < 1.29 is 22.4 Å². The van der Waals surface area contributed by atoms with Crippen LogP contribution in [0.2, 0.25) is 0 Å². The van der Waals surface area contributed by atoms with Crippen LogP contribution in [-0.2, 0) is 6.54 Å². The Morgan fingerprint density at radius 3 is 2.82 bits per heavy atom. The van der Waals surface area contributed by atoms with Crippen LogP contribution in [0.1, 0.15) is 16.3 Å². The van der Waals surface area contributed by atoms with Gasteiger partial charge in [-0.2, -0.15) is 13.2 Å². The highest BCUT2D eigenvalue weighted by Gasteiger charge is 2.28. The number of hydrogen-bond donors (Lipinski definition) is 1. The van der Waals surface area contributed by atoms with E-state index in [4.69, 9.17) is 9.95 Å². The minimum Gasteiger partial charge on any atom is -0.456 e. The van der Waals surface area contributed by atoms with E-state index in [1.165, 1.54) is 12.1 Å². The van der Waals surface area contributed by atoms with Gasteiger partial charge in [-0.05, 0) is 17.7 Å². The molecule has 9 heteroatoms. The summed E-state index contributed by atoms with van der Waals surface area (Å²) < 4.78 is 40.3. The number of alkyl halides is 3. The summed E-state index contributed by atoms with van der Waals surface area (Å²) in [6.45, 7) is -1.54. The summed E-state index contributed by atoms with van der Waals surface area (Å²) in [6, 6.07) is 2.55. The Bertz CT molecular complexity index is 448. The van der Waals surface area contributed by atoms with E-state index >= 15 is 0 Å². The lowest BCUT2D eigenvalue weighted by Gasteiger charge is -2.06. The van der Waals surface area contributed by atoms with Crippen LogP contribution in [0.25, 0.3) is 10.4 Å². The topological polar surface area (TPSA) is 91.0 Å². The molecule has 1 heterocycles. The molecule has 1 N–H and O–H groups in total. The van der Waals surface area contributed by atoms with Crippen molar-refractivity contribution in [1.29, 1.82) is 0 Å². The van der Waals surface area contributed by atoms with Gasteiger partial charge in [0, 0.05) is 4.91 Å². The maximum atomic E-state index is 11.8. The Labute approximate surface area is 93.0 Å². The summed E-state index contributed by atoms with van der Waals surface area (Å²) in [4.78, 5) is 13.6. The molecule has 0 unspecified atom stereocenters. The number of azide groups is 1. The molecule has 0 aromatic carbocycles. The molecule has 1 amide bonds. The van der Waals surface area contributed by atoms with E-state index in [1.54, 1.807) is 5.32 Å². The van der Waals surface area contributed by atoms with Crippen molar-refractivity contribution in [3.8, 4) is 0 Å². The molecular weight excluding hydrogens is 241 g/mol. The second-order valence-electron chi connectivity index (χ2n) is 2.95. The molecule has 92 valence electrons. The van der Waals surface area contributed by atoms with Gasteiger partial charge in [0.15, 0.2) is 5.76 Å². The van der Waals surface area contributed by atoms with E-state index in [9.17, 15) is 18.0 Å². The molecule has 1 aromatic rings. The minimum atomic E-state index is -4.48. The van der Waals surface area contributed by atoms with Crippen LogP contribution in [0.4, 0.5) is 13.2 Å². The fourth-order valence-corrected chi connectivity index (χ4v) is 0.954. The number of halogens is 3. The first-order valence-corrected chi connectivity index (χ1v) is 4.37. The van der Waals surface area contributed by atoms with Crippen molar-refractivity contribution in [1.82, 2.24) is 5.32 Å². The molecule has 0 aliphatic carbocycles. The minimum absolute atomic E-state index is 0.108. The number of furan rings is 1. The van der Waals surface area contributed by atoms with Crippen molar-refractivity contribution in [3.05, 3.63) is 34.1 Å². The van der Waals surface area contributed by atoms with Gasteiger partial charge in [0.2, 0.25) is 0 Å². The van der Waals surface area contributed by atoms with Crippen LogP contribution in [0.3, 0.4) is 0 Å². The van der Waals surface area contributed by atoms with E-state index in [-0.39, 0.29) is 18.1 Å². The van der Waals surface area contributed by atoms with Crippen molar-refractivity contribution in [3.63, 3.8) is 0 Å². The van der Waals surface area contributed by atoms with Gasteiger partial charge in [0.25, 0.3) is 5.91 Å². The van der Waals surface area contributed by atoms with E-state index in [1.807, 2.05) is 0 Å². The van der Waals surface area contributed by atoms with Gasteiger partial charge < -0.3 is 9.73 Å². The highest BCUT2D eigenvalue weighted by Crippen LogP contribution is 2.13. The summed E-state index contributed by atoms with van der Waals surface area (Å²) in [5.74, 6) is -1.05. The molecule has 0 radical (unpaired) electrons. The number of nitrogens with zero attached hydrogens (tertiary/aromatic N) is 3. The van der Waals surface area contributed by atoms with Crippen molar-refractivity contribution in [2.24, 2.45) is 5.11 Å². The van der Waals surface area contributed by atoms with E-state index in [2.05, 4.69) is 10.0 Å². The van der Waals surface area contributed by atoms with Crippen LogP contribution in [0.15, 0.2) is 21.7 Å². The summed E-state index contributed by atoms with van der Waals surface area (Å²) in [5.41, 5.74) is 8.03.